The van der Waals surface area contributed by atoms with E-state index in [-0.39, 0.29) is 35.7 Å². The van der Waals surface area contributed by atoms with Crippen LogP contribution in [-0.4, -0.2) is 59.9 Å². The van der Waals surface area contributed by atoms with Crippen molar-refractivity contribution in [2.45, 2.75) is 44.2 Å². The van der Waals surface area contributed by atoms with Gasteiger partial charge in [0.25, 0.3) is 5.91 Å². The largest absolute Gasteiger partial charge is 0.337 e. The van der Waals surface area contributed by atoms with E-state index in [0.717, 1.165) is 38.6 Å². The van der Waals surface area contributed by atoms with Crippen LogP contribution in [0.4, 0.5) is 4.39 Å². The lowest BCUT2D eigenvalue weighted by Gasteiger charge is -2.51. The average Bonchev–Trinajstić information content (AvgIpc) is 2.68. The van der Waals surface area contributed by atoms with E-state index in [1.54, 1.807) is 4.90 Å². The number of piperidine rings is 1. The first kappa shape index (κ1) is 20.6. The summed E-state index contributed by atoms with van der Waals surface area (Å²) in [6, 6.07) is 5.62. The van der Waals surface area contributed by atoms with Crippen molar-refractivity contribution >= 4 is 24.7 Å². The Labute approximate surface area is 160 Å². The summed E-state index contributed by atoms with van der Waals surface area (Å²) in [5, 5.41) is 3.63. The van der Waals surface area contributed by atoms with Crippen LogP contribution in [0.15, 0.2) is 24.3 Å². The molecule has 0 spiro atoms. The molecule has 144 valence electrons. The fourth-order valence-electron chi connectivity index (χ4n) is 4.19. The zero-order chi connectivity index (χ0) is 17.9. The van der Waals surface area contributed by atoms with Gasteiger partial charge in [0.1, 0.15) is 5.82 Å². The average molecular weight is 384 g/mol. The van der Waals surface area contributed by atoms with Crippen molar-refractivity contribution in [3.05, 3.63) is 35.6 Å². The summed E-state index contributed by atoms with van der Waals surface area (Å²) < 4.78 is 13.1. The number of benzene rings is 1. The number of nitrogens with zero attached hydrogens (tertiary/aromatic N) is 2. The van der Waals surface area contributed by atoms with Crippen LogP contribution in [0, 0.1) is 5.82 Å². The molecule has 1 unspecified atom stereocenters. The Morgan fingerprint density at radius 2 is 2.04 bits per heavy atom. The minimum Gasteiger partial charge on any atom is -0.337 e. The van der Waals surface area contributed by atoms with Crippen molar-refractivity contribution in [1.29, 1.82) is 0 Å². The first-order valence-electron chi connectivity index (χ1n) is 9.10. The Bertz CT molecular complexity index is 620. The molecule has 1 aromatic carbocycles. The van der Waals surface area contributed by atoms with Crippen LogP contribution < -0.4 is 5.32 Å². The highest BCUT2D eigenvalue weighted by molar-refractivity contribution is 5.94. The Morgan fingerprint density at radius 3 is 2.62 bits per heavy atom. The van der Waals surface area contributed by atoms with E-state index >= 15 is 0 Å². The lowest BCUT2D eigenvalue weighted by Crippen LogP contribution is -2.68. The maximum atomic E-state index is 13.1. The number of hydrogen-bond acceptors (Lipinski definition) is 3. The number of hydrogen-bond donors (Lipinski definition) is 1. The normalized spacial score (nSPS) is 26.2. The molecule has 2 amide bonds. The summed E-state index contributed by atoms with van der Waals surface area (Å²) in [6.45, 7) is 4.64. The standard InChI is InChI=1S/C19H26FN3O2.ClH/c1-2-19(9-3-4-10-21-19)17-13-22(11-12-23(17)14-24)18(25)15-5-7-16(20)8-6-15;/h5-8,14,17,21H,2-4,9-13H2,1H3;1H/t17?,19-;/m0./s1. The minimum atomic E-state index is -0.350. The van der Waals surface area contributed by atoms with Crippen molar-refractivity contribution in [1.82, 2.24) is 15.1 Å². The molecule has 0 bridgehead atoms. The van der Waals surface area contributed by atoms with Gasteiger partial charge in [-0.1, -0.05) is 13.3 Å². The van der Waals surface area contributed by atoms with E-state index in [4.69, 9.17) is 0 Å². The summed E-state index contributed by atoms with van der Waals surface area (Å²) >= 11 is 0. The fourth-order valence-corrected chi connectivity index (χ4v) is 4.19. The number of nitrogens with one attached hydrogen (secondary N) is 1. The van der Waals surface area contributed by atoms with Crippen molar-refractivity contribution in [2.24, 2.45) is 0 Å². The lowest BCUT2D eigenvalue weighted by atomic mass is 9.78. The van der Waals surface area contributed by atoms with Gasteiger partial charge in [-0.2, -0.15) is 0 Å². The number of carbonyl (C=O) groups excluding carboxylic acids is 2. The summed E-state index contributed by atoms with van der Waals surface area (Å²) in [5.74, 6) is -0.450. The van der Waals surface area contributed by atoms with E-state index in [1.165, 1.54) is 24.3 Å². The van der Waals surface area contributed by atoms with Crippen molar-refractivity contribution < 1.29 is 14.0 Å². The Hall–Kier alpha value is -1.66. The molecule has 3 rings (SSSR count). The number of carbonyl (C=O) groups is 2. The van der Waals surface area contributed by atoms with Gasteiger partial charge in [-0.15, -0.1) is 12.4 Å². The lowest BCUT2D eigenvalue weighted by molar-refractivity contribution is -0.125. The van der Waals surface area contributed by atoms with Gasteiger partial charge in [-0.3, -0.25) is 9.59 Å². The highest BCUT2D eigenvalue weighted by Gasteiger charge is 2.44. The first-order chi connectivity index (χ1) is 12.1. The summed E-state index contributed by atoms with van der Waals surface area (Å²) in [4.78, 5) is 28.1. The van der Waals surface area contributed by atoms with Gasteiger partial charge in [-0.05, 0) is 50.1 Å². The second-order valence-electron chi connectivity index (χ2n) is 7.01. The highest BCUT2D eigenvalue weighted by atomic mass is 35.5. The Kier molecular flexibility index (Phi) is 7.01. The highest BCUT2D eigenvalue weighted by Crippen LogP contribution is 2.31. The molecule has 2 fully saturated rings. The topological polar surface area (TPSA) is 52.7 Å². The monoisotopic (exact) mass is 383 g/mol. The molecule has 2 aliphatic heterocycles. The van der Waals surface area contributed by atoms with Crippen LogP contribution >= 0.6 is 12.4 Å². The number of amides is 2. The smallest absolute Gasteiger partial charge is 0.253 e. The van der Waals surface area contributed by atoms with Gasteiger partial charge >= 0.3 is 0 Å². The third kappa shape index (κ3) is 4.01. The van der Waals surface area contributed by atoms with E-state index in [9.17, 15) is 14.0 Å². The molecule has 2 heterocycles. The Balaban J connectivity index is 0.00000243. The quantitative estimate of drug-likeness (QED) is 0.812. The van der Waals surface area contributed by atoms with Gasteiger partial charge in [0.15, 0.2) is 0 Å². The van der Waals surface area contributed by atoms with Crippen molar-refractivity contribution in [3.8, 4) is 0 Å². The molecule has 26 heavy (non-hydrogen) atoms. The van der Waals surface area contributed by atoms with E-state index in [2.05, 4.69) is 12.2 Å². The number of piperazine rings is 1. The van der Waals surface area contributed by atoms with Gasteiger partial charge in [0.05, 0.1) is 6.04 Å². The first-order valence-corrected chi connectivity index (χ1v) is 9.10. The maximum Gasteiger partial charge on any atom is 0.253 e. The molecule has 5 nitrogen and oxygen atoms in total. The van der Waals surface area contributed by atoms with Crippen molar-refractivity contribution in [2.75, 3.05) is 26.2 Å². The van der Waals surface area contributed by atoms with Gasteiger partial charge < -0.3 is 15.1 Å². The van der Waals surface area contributed by atoms with Crippen LogP contribution in [0.3, 0.4) is 0 Å². The molecule has 1 N–H and O–H groups in total. The van der Waals surface area contributed by atoms with Crippen LogP contribution in [0.1, 0.15) is 43.0 Å². The van der Waals surface area contributed by atoms with Crippen LogP contribution in [0.25, 0.3) is 0 Å². The van der Waals surface area contributed by atoms with Gasteiger partial charge in [0, 0.05) is 30.7 Å². The predicted molar refractivity (Wildman–Crippen MR) is 101 cm³/mol. The molecule has 2 aliphatic rings. The summed E-state index contributed by atoms with van der Waals surface area (Å²) in [5.41, 5.74) is 0.350. The molecule has 2 atom stereocenters. The molecule has 0 saturated carbocycles. The number of rotatable bonds is 4. The maximum absolute atomic E-state index is 13.1. The fraction of sp³-hybridized carbons (Fsp3) is 0.579. The third-order valence-corrected chi connectivity index (χ3v) is 5.73. The van der Waals surface area contributed by atoms with Crippen molar-refractivity contribution in [3.63, 3.8) is 0 Å². The van der Waals surface area contributed by atoms with Crippen LogP contribution in [0.2, 0.25) is 0 Å². The summed E-state index contributed by atoms with van der Waals surface area (Å²) in [7, 11) is 0. The zero-order valence-corrected chi connectivity index (χ0v) is 15.9. The molecule has 1 aromatic rings. The molecule has 2 saturated heterocycles. The van der Waals surface area contributed by atoms with Crippen LogP contribution in [0.5, 0.6) is 0 Å². The second kappa shape index (κ2) is 8.82. The van der Waals surface area contributed by atoms with E-state index < -0.39 is 0 Å². The summed E-state index contributed by atoms with van der Waals surface area (Å²) in [6.07, 6.45) is 5.12. The molecular formula is C19H27ClFN3O2. The SMILES string of the molecule is CC[C@@]1(C2CN(C(=O)c3ccc(F)cc3)CCN2C=O)CCCCN1.Cl. The number of halogens is 2. The predicted octanol–water partition coefficient (Wildman–Crippen LogP) is 2.45. The molecule has 0 aliphatic carbocycles. The molecular weight excluding hydrogens is 357 g/mol. The van der Waals surface area contributed by atoms with E-state index in [1.807, 2.05) is 4.90 Å². The van der Waals surface area contributed by atoms with Gasteiger partial charge in [0.2, 0.25) is 6.41 Å². The third-order valence-electron chi connectivity index (χ3n) is 5.73. The molecule has 0 radical (unpaired) electrons. The van der Waals surface area contributed by atoms with Gasteiger partial charge in [-0.25, -0.2) is 4.39 Å². The Morgan fingerprint density at radius 1 is 1.31 bits per heavy atom. The minimum absolute atomic E-state index is 0. The van der Waals surface area contributed by atoms with E-state index in [0.29, 0.717) is 25.2 Å². The second-order valence-corrected chi connectivity index (χ2v) is 7.01. The van der Waals surface area contributed by atoms with Crippen LogP contribution in [-0.2, 0) is 4.79 Å². The zero-order valence-electron chi connectivity index (χ0n) is 15.1. The molecule has 0 aromatic heterocycles. The molecule has 7 heteroatoms.